The predicted octanol–water partition coefficient (Wildman–Crippen LogP) is 4.49. The molecule has 0 aromatic heterocycles. The number of hydrogen-bond donors (Lipinski definition) is 0. The summed E-state index contributed by atoms with van der Waals surface area (Å²) in [6.45, 7) is 8.33. The summed E-state index contributed by atoms with van der Waals surface area (Å²) in [5, 5.41) is 0. The lowest BCUT2D eigenvalue weighted by Gasteiger charge is -2.26. The maximum absolute atomic E-state index is 6.72. The molecule has 0 saturated carbocycles. The molecule has 0 aliphatic heterocycles. The van der Waals surface area contributed by atoms with Gasteiger partial charge in [0.15, 0.2) is 0 Å². The molecule has 0 bridgehead atoms. The normalized spacial score (nSPS) is 16.0. The van der Waals surface area contributed by atoms with Gasteiger partial charge in [-0.3, -0.25) is 4.99 Å². The molecule has 0 radical (unpaired) electrons. The summed E-state index contributed by atoms with van der Waals surface area (Å²) < 4.78 is 0. The van der Waals surface area contributed by atoms with Crippen molar-refractivity contribution in [1.29, 1.82) is 0 Å². The van der Waals surface area contributed by atoms with Crippen LogP contribution >= 0.6 is 11.6 Å². The molecule has 17 heavy (non-hydrogen) atoms. The van der Waals surface area contributed by atoms with Gasteiger partial charge in [0.1, 0.15) is 0 Å². The number of nitrogens with zero attached hydrogens (tertiary/aromatic N) is 1. The van der Waals surface area contributed by atoms with Gasteiger partial charge in [0.2, 0.25) is 0 Å². The van der Waals surface area contributed by atoms with Crippen LogP contribution in [0.25, 0.3) is 0 Å². The van der Waals surface area contributed by atoms with Crippen LogP contribution in [-0.4, -0.2) is 16.6 Å². The van der Waals surface area contributed by atoms with E-state index >= 15 is 0 Å². The van der Waals surface area contributed by atoms with Gasteiger partial charge >= 0.3 is 0 Å². The van der Waals surface area contributed by atoms with Crippen molar-refractivity contribution in [2.75, 3.05) is 0 Å². The highest BCUT2D eigenvalue weighted by Gasteiger charge is 2.29. The van der Waals surface area contributed by atoms with Crippen molar-refractivity contribution in [2.24, 2.45) is 4.99 Å². The molecular formula is C15H22ClN. The topological polar surface area (TPSA) is 12.4 Å². The average Bonchev–Trinajstić information content (AvgIpc) is 2.29. The maximum atomic E-state index is 6.72. The fourth-order valence-electron chi connectivity index (χ4n) is 1.93. The summed E-state index contributed by atoms with van der Waals surface area (Å²) in [7, 11) is 0. The molecular weight excluding hydrogens is 230 g/mol. The molecule has 1 aromatic rings. The Morgan fingerprint density at radius 1 is 1.29 bits per heavy atom. The van der Waals surface area contributed by atoms with Crippen molar-refractivity contribution in [2.45, 2.75) is 51.5 Å². The highest BCUT2D eigenvalue weighted by molar-refractivity contribution is 6.36. The molecule has 0 fully saturated rings. The largest absolute Gasteiger partial charge is 0.290 e. The maximum Gasteiger partial charge on any atom is 0.0857 e. The van der Waals surface area contributed by atoms with Crippen LogP contribution in [0.4, 0.5) is 0 Å². The fourth-order valence-corrected chi connectivity index (χ4v) is 2.13. The van der Waals surface area contributed by atoms with Crippen LogP contribution in [0.1, 0.15) is 39.7 Å². The summed E-state index contributed by atoms with van der Waals surface area (Å²) in [5.41, 5.74) is 2.31. The molecule has 1 atom stereocenters. The minimum atomic E-state index is -0.342. The van der Waals surface area contributed by atoms with Crippen LogP contribution in [-0.2, 0) is 6.42 Å². The summed E-state index contributed by atoms with van der Waals surface area (Å²) in [6.07, 6.45) is 1.74. The quantitative estimate of drug-likeness (QED) is 0.540. The first-order valence-corrected chi connectivity index (χ1v) is 6.63. The van der Waals surface area contributed by atoms with E-state index < -0.39 is 0 Å². The minimum absolute atomic E-state index is 0.301. The van der Waals surface area contributed by atoms with E-state index in [4.69, 9.17) is 11.6 Å². The number of halogens is 1. The van der Waals surface area contributed by atoms with Crippen molar-refractivity contribution >= 4 is 17.3 Å². The number of alkyl halides is 1. The van der Waals surface area contributed by atoms with Gasteiger partial charge in [-0.05, 0) is 39.2 Å². The molecule has 0 aliphatic carbocycles. The van der Waals surface area contributed by atoms with Crippen LogP contribution < -0.4 is 0 Å². The van der Waals surface area contributed by atoms with Gasteiger partial charge in [0.25, 0.3) is 0 Å². The zero-order valence-corrected chi connectivity index (χ0v) is 12.0. The predicted molar refractivity (Wildman–Crippen MR) is 77.3 cm³/mol. The second kappa shape index (κ2) is 6.20. The van der Waals surface area contributed by atoms with E-state index in [1.807, 2.05) is 13.0 Å². The first-order valence-electron chi connectivity index (χ1n) is 6.25. The van der Waals surface area contributed by atoms with E-state index in [0.717, 1.165) is 18.6 Å². The third-order valence-corrected chi connectivity index (χ3v) is 3.66. The molecule has 0 N–H and O–H groups in total. The molecule has 94 valence electrons. The third kappa shape index (κ3) is 4.16. The van der Waals surface area contributed by atoms with Gasteiger partial charge in [0, 0.05) is 11.8 Å². The van der Waals surface area contributed by atoms with Crippen LogP contribution in [0.3, 0.4) is 0 Å². The number of benzene rings is 1. The first kappa shape index (κ1) is 14.2. The smallest absolute Gasteiger partial charge is 0.0857 e. The van der Waals surface area contributed by atoms with Crippen molar-refractivity contribution in [3.63, 3.8) is 0 Å². The Morgan fingerprint density at radius 3 is 2.35 bits per heavy atom. The lowest BCUT2D eigenvalue weighted by molar-refractivity contribution is 0.686. The number of aliphatic imine (C=N–C) groups is 1. The van der Waals surface area contributed by atoms with Gasteiger partial charge in [0.05, 0.1) is 4.87 Å². The van der Waals surface area contributed by atoms with Crippen LogP contribution in [0, 0.1) is 0 Å². The average molecular weight is 252 g/mol. The van der Waals surface area contributed by atoms with Crippen molar-refractivity contribution in [3.05, 3.63) is 35.9 Å². The molecule has 2 heteroatoms. The lowest BCUT2D eigenvalue weighted by Crippen LogP contribution is -2.33. The van der Waals surface area contributed by atoms with Gasteiger partial charge in [-0.2, -0.15) is 0 Å². The Labute approximate surface area is 110 Å². The van der Waals surface area contributed by atoms with Crippen LogP contribution in [0.5, 0.6) is 0 Å². The molecule has 0 spiro atoms. The summed E-state index contributed by atoms with van der Waals surface area (Å²) >= 11 is 6.72. The summed E-state index contributed by atoms with van der Waals surface area (Å²) in [5.74, 6) is 0. The molecule has 0 amide bonds. The second-order valence-electron chi connectivity index (χ2n) is 4.79. The van der Waals surface area contributed by atoms with Crippen molar-refractivity contribution in [1.82, 2.24) is 0 Å². The van der Waals surface area contributed by atoms with Crippen molar-refractivity contribution in [3.8, 4) is 0 Å². The molecule has 1 aromatic carbocycles. The Kier molecular flexibility index (Phi) is 5.20. The first-order chi connectivity index (χ1) is 7.98. The van der Waals surface area contributed by atoms with Crippen molar-refractivity contribution < 1.29 is 0 Å². The molecule has 1 unspecified atom stereocenters. The Morgan fingerprint density at radius 2 is 1.88 bits per heavy atom. The van der Waals surface area contributed by atoms with E-state index in [9.17, 15) is 0 Å². The highest BCUT2D eigenvalue weighted by atomic mass is 35.5. The molecule has 0 heterocycles. The van der Waals surface area contributed by atoms with Crippen LogP contribution in [0.15, 0.2) is 35.3 Å². The highest BCUT2D eigenvalue weighted by Crippen LogP contribution is 2.27. The van der Waals surface area contributed by atoms with Gasteiger partial charge in [-0.25, -0.2) is 0 Å². The van der Waals surface area contributed by atoms with E-state index in [2.05, 4.69) is 50.0 Å². The molecule has 0 aliphatic rings. The van der Waals surface area contributed by atoms with Gasteiger partial charge in [-0.1, -0.05) is 37.3 Å². The summed E-state index contributed by atoms with van der Waals surface area (Å²) in [4.78, 5) is 4.26. The SMILES string of the molecule is CCC(Cl)(Cc1ccccc1)C(C)=NC(C)C. The van der Waals surface area contributed by atoms with Gasteiger partial charge < -0.3 is 0 Å². The fraction of sp³-hybridized carbons (Fsp3) is 0.533. The second-order valence-corrected chi connectivity index (χ2v) is 5.51. The third-order valence-electron chi connectivity index (χ3n) is 2.99. The lowest BCUT2D eigenvalue weighted by atomic mass is 9.92. The Hall–Kier alpha value is -0.820. The molecule has 1 nitrogen and oxygen atoms in total. The molecule has 0 saturated heterocycles. The standard InChI is InChI=1S/C15H22ClN/c1-5-15(16,13(4)17-12(2)3)11-14-9-7-6-8-10-14/h6-10,12H,5,11H2,1-4H3. The van der Waals surface area contributed by atoms with E-state index in [1.165, 1.54) is 5.56 Å². The number of hydrogen-bond acceptors (Lipinski definition) is 1. The Bertz CT molecular complexity index is 370. The Balaban J connectivity index is 2.89. The summed E-state index contributed by atoms with van der Waals surface area (Å²) in [6, 6.07) is 10.7. The number of rotatable bonds is 5. The minimum Gasteiger partial charge on any atom is -0.290 e. The van der Waals surface area contributed by atoms with E-state index in [1.54, 1.807) is 0 Å². The van der Waals surface area contributed by atoms with Crippen LogP contribution in [0.2, 0.25) is 0 Å². The van der Waals surface area contributed by atoms with E-state index in [-0.39, 0.29) is 4.87 Å². The molecule has 1 rings (SSSR count). The van der Waals surface area contributed by atoms with E-state index in [0.29, 0.717) is 6.04 Å². The zero-order valence-electron chi connectivity index (χ0n) is 11.2. The van der Waals surface area contributed by atoms with Gasteiger partial charge in [-0.15, -0.1) is 11.6 Å². The monoisotopic (exact) mass is 251 g/mol. The zero-order chi connectivity index (χ0) is 12.9.